The monoisotopic (exact) mass is 222 g/mol. The molecule has 0 saturated carbocycles. The summed E-state index contributed by atoms with van der Waals surface area (Å²) in [4.78, 5) is 2.14. The fourth-order valence-corrected chi connectivity index (χ4v) is 1.54. The SMILES string of the molecule is CC(O)CCN(C)c1ccc([C@@H](C)N)cc1. The summed E-state index contributed by atoms with van der Waals surface area (Å²) < 4.78 is 0. The van der Waals surface area contributed by atoms with Crippen LogP contribution in [0.4, 0.5) is 5.69 Å². The van der Waals surface area contributed by atoms with Gasteiger partial charge in [0.2, 0.25) is 0 Å². The number of benzene rings is 1. The Morgan fingerprint density at radius 1 is 1.25 bits per heavy atom. The molecular weight excluding hydrogens is 200 g/mol. The van der Waals surface area contributed by atoms with Gasteiger partial charge < -0.3 is 15.7 Å². The Hall–Kier alpha value is -1.06. The van der Waals surface area contributed by atoms with Crippen LogP contribution in [-0.2, 0) is 0 Å². The molecule has 1 aromatic carbocycles. The van der Waals surface area contributed by atoms with Crippen molar-refractivity contribution >= 4 is 5.69 Å². The van der Waals surface area contributed by atoms with Gasteiger partial charge in [0.25, 0.3) is 0 Å². The molecule has 0 aliphatic carbocycles. The van der Waals surface area contributed by atoms with Crippen molar-refractivity contribution in [2.75, 3.05) is 18.5 Å². The van der Waals surface area contributed by atoms with Crippen LogP contribution in [0.3, 0.4) is 0 Å². The Balaban J connectivity index is 2.59. The van der Waals surface area contributed by atoms with Crippen LogP contribution >= 0.6 is 0 Å². The van der Waals surface area contributed by atoms with E-state index in [1.54, 1.807) is 0 Å². The third kappa shape index (κ3) is 3.83. The normalized spacial score (nSPS) is 14.6. The molecule has 0 aromatic heterocycles. The summed E-state index contributed by atoms with van der Waals surface area (Å²) in [6.45, 7) is 4.65. The standard InChI is InChI=1S/C13H22N2O/c1-10(16)8-9-15(3)13-6-4-12(5-7-13)11(2)14/h4-7,10-11,16H,8-9,14H2,1-3H3/t10?,11-/m1/s1. The number of aliphatic hydroxyl groups excluding tert-OH is 1. The Morgan fingerprint density at radius 2 is 1.81 bits per heavy atom. The van der Waals surface area contributed by atoms with Crippen molar-refractivity contribution in [2.24, 2.45) is 5.73 Å². The van der Waals surface area contributed by atoms with Crippen molar-refractivity contribution < 1.29 is 5.11 Å². The fourth-order valence-electron chi connectivity index (χ4n) is 1.54. The van der Waals surface area contributed by atoms with Crippen molar-refractivity contribution in [1.29, 1.82) is 0 Å². The molecule has 3 heteroatoms. The Bertz CT molecular complexity index is 306. The van der Waals surface area contributed by atoms with Crippen LogP contribution in [-0.4, -0.2) is 24.8 Å². The minimum Gasteiger partial charge on any atom is -0.393 e. The molecule has 2 atom stereocenters. The van der Waals surface area contributed by atoms with E-state index in [0.717, 1.165) is 24.2 Å². The van der Waals surface area contributed by atoms with Crippen LogP contribution in [0.15, 0.2) is 24.3 Å². The number of hydrogen-bond donors (Lipinski definition) is 2. The van der Waals surface area contributed by atoms with Crippen molar-refractivity contribution in [3.63, 3.8) is 0 Å². The molecular formula is C13H22N2O. The van der Waals surface area contributed by atoms with Crippen LogP contribution in [0, 0.1) is 0 Å². The molecule has 0 amide bonds. The summed E-state index contributed by atoms with van der Waals surface area (Å²) in [7, 11) is 2.03. The zero-order chi connectivity index (χ0) is 12.1. The summed E-state index contributed by atoms with van der Waals surface area (Å²) >= 11 is 0. The second-order valence-corrected chi connectivity index (χ2v) is 4.44. The minimum absolute atomic E-state index is 0.0804. The lowest BCUT2D eigenvalue weighted by Crippen LogP contribution is -2.21. The first-order chi connectivity index (χ1) is 7.50. The van der Waals surface area contributed by atoms with Crippen molar-refractivity contribution in [1.82, 2.24) is 0 Å². The van der Waals surface area contributed by atoms with E-state index in [0.29, 0.717) is 0 Å². The maximum Gasteiger partial charge on any atom is 0.0528 e. The number of rotatable bonds is 5. The molecule has 1 unspecified atom stereocenters. The topological polar surface area (TPSA) is 49.5 Å². The lowest BCUT2D eigenvalue weighted by Gasteiger charge is -2.20. The molecule has 1 rings (SSSR count). The molecule has 0 heterocycles. The van der Waals surface area contributed by atoms with E-state index in [1.165, 1.54) is 0 Å². The number of aliphatic hydroxyl groups is 1. The van der Waals surface area contributed by atoms with Crippen LogP contribution < -0.4 is 10.6 Å². The molecule has 0 radical (unpaired) electrons. The van der Waals surface area contributed by atoms with E-state index in [1.807, 2.05) is 20.9 Å². The minimum atomic E-state index is -0.245. The number of hydrogen-bond acceptors (Lipinski definition) is 3. The van der Waals surface area contributed by atoms with Gasteiger partial charge in [0.15, 0.2) is 0 Å². The van der Waals surface area contributed by atoms with E-state index < -0.39 is 0 Å². The summed E-state index contributed by atoms with van der Waals surface area (Å²) in [5, 5.41) is 9.22. The number of anilines is 1. The van der Waals surface area contributed by atoms with Gasteiger partial charge in [-0.3, -0.25) is 0 Å². The van der Waals surface area contributed by atoms with Gasteiger partial charge in [-0.15, -0.1) is 0 Å². The third-order valence-electron chi connectivity index (χ3n) is 2.74. The average Bonchev–Trinajstić information content (AvgIpc) is 2.26. The molecule has 0 bridgehead atoms. The predicted octanol–water partition coefficient (Wildman–Crippen LogP) is 1.91. The number of nitrogens with two attached hydrogens (primary N) is 1. The molecule has 0 aliphatic heterocycles. The predicted molar refractivity (Wildman–Crippen MR) is 68.6 cm³/mol. The lowest BCUT2D eigenvalue weighted by atomic mass is 10.1. The van der Waals surface area contributed by atoms with E-state index in [9.17, 15) is 5.11 Å². The van der Waals surface area contributed by atoms with Crippen molar-refractivity contribution in [2.45, 2.75) is 32.4 Å². The van der Waals surface area contributed by atoms with Crippen molar-refractivity contribution in [3.05, 3.63) is 29.8 Å². The highest BCUT2D eigenvalue weighted by atomic mass is 16.3. The highest BCUT2D eigenvalue weighted by Crippen LogP contribution is 2.17. The maximum absolute atomic E-state index is 9.22. The van der Waals surface area contributed by atoms with Gasteiger partial charge in [0.1, 0.15) is 0 Å². The third-order valence-corrected chi connectivity index (χ3v) is 2.74. The molecule has 3 N–H and O–H groups in total. The van der Waals surface area contributed by atoms with E-state index in [4.69, 9.17) is 5.73 Å². The molecule has 1 aromatic rings. The summed E-state index contributed by atoms with van der Waals surface area (Å²) in [6, 6.07) is 8.33. The average molecular weight is 222 g/mol. The van der Waals surface area contributed by atoms with Crippen LogP contribution in [0.25, 0.3) is 0 Å². The van der Waals surface area contributed by atoms with Crippen LogP contribution in [0.1, 0.15) is 31.9 Å². The van der Waals surface area contributed by atoms with Crippen LogP contribution in [0.2, 0.25) is 0 Å². The zero-order valence-electron chi connectivity index (χ0n) is 10.4. The molecule has 0 fully saturated rings. The lowest BCUT2D eigenvalue weighted by molar-refractivity contribution is 0.187. The van der Waals surface area contributed by atoms with Gasteiger partial charge in [-0.1, -0.05) is 12.1 Å². The first-order valence-electron chi connectivity index (χ1n) is 5.75. The highest BCUT2D eigenvalue weighted by molar-refractivity contribution is 5.47. The molecule has 0 spiro atoms. The molecule has 0 saturated heterocycles. The molecule has 16 heavy (non-hydrogen) atoms. The maximum atomic E-state index is 9.22. The Labute approximate surface area is 97.9 Å². The summed E-state index contributed by atoms with van der Waals surface area (Å²) in [5.74, 6) is 0. The molecule has 90 valence electrons. The highest BCUT2D eigenvalue weighted by Gasteiger charge is 2.04. The Morgan fingerprint density at radius 3 is 2.25 bits per heavy atom. The summed E-state index contributed by atoms with van der Waals surface area (Å²) in [5.41, 5.74) is 8.10. The van der Waals surface area contributed by atoms with Gasteiger partial charge in [0.05, 0.1) is 6.10 Å². The van der Waals surface area contributed by atoms with Gasteiger partial charge in [-0.05, 0) is 38.0 Å². The van der Waals surface area contributed by atoms with E-state index >= 15 is 0 Å². The molecule has 0 aliphatic rings. The second kappa shape index (κ2) is 5.87. The quantitative estimate of drug-likeness (QED) is 0.800. The second-order valence-electron chi connectivity index (χ2n) is 4.44. The largest absolute Gasteiger partial charge is 0.393 e. The fraction of sp³-hybridized carbons (Fsp3) is 0.538. The first-order valence-corrected chi connectivity index (χ1v) is 5.75. The van der Waals surface area contributed by atoms with Gasteiger partial charge in [0, 0.05) is 25.3 Å². The van der Waals surface area contributed by atoms with Gasteiger partial charge in [-0.25, -0.2) is 0 Å². The van der Waals surface area contributed by atoms with Gasteiger partial charge >= 0.3 is 0 Å². The van der Waals surface area contributed by atoms with E-state index in [2.05, 4.69) is 29.2 Å². The summed E-state index contributed by atoms with van der Waals surface area (Å²) in [6.07, 6.45) is 0.539. The smallest absolute Gasteiger partial charge is 0.0528 e. The Kier molecular flexibility index (Phi) is 4.77. The van der Waals surface area contributed by atoms with Crippen molar-refractivity contribution in [3.8, 4) is 0 Å². The van der Waals surface area contributed by atoms with E-state index in [-0.39, 0.29) is 12.1 Å². The number of nitrogens with zero attached hydrogens (tertiary/aromatic N) is 1. The molecule has 3 nitrogen and oxygen atoms in total. The zero-order valence-corrected chi connectivity index (χ0v) is 10.4. The first kappa shape index (κ1) is 13.0. The van der Waals surface area contributed by atoms with Crippen LogP contribution in [0.5, 0.6) is 0 Å². The van der Waals surface area contributed by atoms with Gasteiger partial charge in [-0.2, -0.15) is 0 Å².